The standard InChI is InChI=1S/C15H21N3O2.2ClH/c19-15(11-20-14-2-1-5-16-10-14)18-6-3-12-8-17-9-13(12)4-7-18;;/h1-2,5,10,12-13,17H,3-4,6-9,11H2;2*1H/t12-,13+;;. The lowest BCUT2D eigenvalue weighted by atomic mass is 9.92. The number of fused-ring (bicyclic) bond motifs is 1. The topological polar surface area (TPSA) is 54.5 Å². The van der Waals surface area contributed by atoms with E-state index in [1.165, 1.54) is 0 Å². The van der Waals surface area contributed by atoms with Crippen LogP contribution in [0.3, 0.4) is 0 Å². The summed E-state index contributed by atoms with van der Waals surface area (Å²) in [5.41, 5.74) is 0. The van der Waals surface area contributed by atoms with E-state index in [-0.39, 0.29) is 37.3 Å². The van der Waals surface area contributed by atoms with Crippen LogP contribution in [-0.2, 0) is 4.79 Å². The van der Waals surface area contributed by atoms with E-state index in [0.717, 1.165) is 50.9 Å². The van der Waals surface area contributed by atoms with Gasteiger partial charge in [0.15, 0.2) is 6.61 Å². The summed E-state index contributed by atoms with van der Waals surface area (Å²) < 4.78 is 5.49. The number of carbonyl (C=O) groups is 1. The normalized spacial score (nSPS) is 23.5. The Morgan fingerprint density at radius 2 is 1.95 bits per heavy atom. The fourth-order valence-electron chi connectivity index (χ4n) is 3.14. The molecule has 2 saturated heterocycles. The Kier molecular flexibility index (Phi) is 7.93. The van der Waals surface area contributed by atoms with Crippen LogP contribution in [-0.4, -0.2) is 48.6 Å². The lowest BCUT2D eigenvalue weighted by Crippen LogP contribution is -2.36. The molecule has 0 spiro atoms. The second-order valence-corrected chi connectivity index (χ2v) is 5.61. The maximum atomic E-state index is 12.2. The van der Waals surface area contributed by atoms with Crippen molar-refractivity contribution in [1.82, 2.24) is 15.2 Å². The number of halogens is 2. The van der Waals surface area contributed by atoms with Crippen LogP contribution in [0.4, 0.5) is 0 Å². The highest BCUT2D eigenvalue weighted by molar-refractivity contribution is 5.85. The number of hydrogen-bond donors (Lipinski definition) is 1. The summed E-state index contributed by atoms with van der Waals surface area (Å²) >= 11 is 0. The zero-order valence-electron chi connectivity index (χ0n) is 12.4. The first-order valence-corrected chi connectivity index (χ1v) is 7.34. The average Bonchev–Trinajstić information content (AvgIpc) is 2.84. The Morgan fingerprint density at radius 3 is 2.55 bits per heavy atom. The number of nitrogens with one attached hydrogen (secondary N) is 1. The average molecular weight is 348 g/mol. The van der Waals surface area contributed by atoms with E-state index in [2.05, 4.69) is 10.3 Å². The minimum atomic E-state index is 0. The quantitative estimate of drug-likeness (QED) is 0.905. The fraction of sp³-hybridized carbons (Fsp3) is 0.600. The molecule has 0 unspecified atom stereocenters. The molecule has 2 aliphatic heterocycles. The Labute approximate surface area is 143 Å². The van der Waals surface area contributed by atoms with Gasteiger partial charge in [-0.15, -0.1) is 24.8 Å². The highest BCUT2D eigenvalue weighted by Gasteiger charge is 2.31. The summed E-state index contributed by atoms with van der Waals surface area (Å²) in [5, 5.41) is 3.45. The Hall–Kier alpha value is -1.04. The number of pyridine rings is 1. The first-order valence-electron chi connectivity index (χ1n) is 7.34. The third-order valence-electron chi connectivity index (χ3n) is 4.37. The van der Waals surface area contributed by atoms with E-state index < -0.39 is 0 Å². The monoisotopic (exact) mass is 347 g/mol. The predicted molar refractivity (Wildman–Crippen MR) is 89.9 cm³/mol. The van der Waals surface area contributed by atoms with Gasteiger partial charge in [0, 0.05) is 19.3 Å². The van der Waals surface area contributed by atoms with Crippen LogP contribution in [0, 0.1) is 11.8 Å². The molecular formula is C15H23Cl2N3O2. The predicted octanol–water partition coefficient (Wildman–Crippen LogP) is 1.76. The molecule has 124 valence electrons. The van der Waals surface area contributed by atoms with Crippen LogP contribution >= 0.6 is 24.8 Å². The maximum absolute atomic E-state index is 12.2. The number of aromatic nitrogens is 1. The number of rotatable bonds is 3. The minimum Gasteiger partial charge on any atom is -0.482 e. The van der Waals surface area contributed by atoms with E-state index in [1.54, 1.807) is 18.5 Å². The van der Waals surface area contributed by atoms with Gasteiger partial charge in [-0.05, 0) is 49.9 Å². The van der Waals surface area contributed by atoms with Gasteiger partial charge in [-0.1, -0.05) is 0 Å². The summed E-state index contributed by atoms with van der Waals surface area (Å²) in [4.78, 5) is 18.1. The number of hydrogen-bond acceptors (Lipinski definition) is 4. The molecule has 2 aliphatic rings. The Bertz CT molecular complexity index is 447. The smallest absolute Gasteiger partial charge is 0.260 e. The highest BCUT2D eigenvalue weighted by atomic mass is 35.5. The molecule has 5 nitrogen and oxygen atoms in total. The molecule has 2 fully saturated rings. The van der Waals surface area contributed by atoms with Crippen molar-refractivity contribution in [2.75, 3.05) is 32.8 Å². The van der Waals surface area contributed by atoms with Gasteiger partial charge >= 0.3 is 0 Å². The maximum Gasteiger partial charge on any atom is 0.260 e. The van der Waals surface area contributed by atoms with Crippen molar-refractivity contribution in [1.29, 1.82) is 0 Å². The van der Waals surface area contributed by atoms with E-state index in [1.807, 2.05) is 11.0 Å². The molecule has 1 aromatic rings. The number of likely N-dealkylation sites (tertiary alicyclic amines) is 1. The second-order valence-electron chi connectivity index (χ2n) is 5.61. The van der Waals surface area contributed by atoms with Crippen molar-refractivity contribution in [3.05, 3.63) is 24.5 Å². The number of carbonyl (C=O) groups excluding carboxylic acids is 1. The first-order chi connectivity index (χ1) is 9.83. The van der Waals surface area contributed by atoms with E-state index in [9.17, 15) is 4.79 Å². The third kappa shape index (κ3) is 4.73. The zero-order chi connectivity index (χ0) is 13.8. The summed E-state index contributed by atoms with van der Waals surface area (Å²) in [6, 6.07) is 3.62. The molecule has 0 aromatic carbocycles. The SMILES string of the molecule is Cl.Cl.O=C(COc1cccnc1)N1CC[C@@H]2CNC[C@@H]2CC1. The molecular weight excluding hydrogens is 325 g/mol. The molecule has 3 rings (SSSR count). The molecule has 0 saturated carbocycles. The lowest BCUT2D eigenvalue weighted by Gasteiger charge is -2.20. The van der Waals surface area contributed by atoms with Crippen molar-refractivity contribution in [2.24, 2.45) is 11.8 Å². The van der Waals surface area contributed by atoms with Crippen LogP contribution in [0.1, 0.15) is 12.8 Å². The van der Waals surface area contributed by atoms with Crippen molar-refractivity contribution in [3.63, 3.8) is 0 Å². The van der Waals surface area contributed by atoms with E-state index in [4.69, 9.17) is 4.74 Å². The lowest BCUT2D eigenvalue weighted by molar-refractivity contribution is -0.133. The summed E-state index contributed by atoms with van der Waals surface area (Å²) in [6.45, 7) is 4.05. The molecule has 0 radical (unpaired) electrons. The molecule has 7 heteroatoms. The summed E-state index contributed by atoms with van der Waals surface area (Å²) in [7, 11) is 0. The molecule has 0 bridgehead atoms. The molecule has 22 heavy (non-hydrogen) atoms. The molecule has 1 amide bonds. The van der Waals surface area contributed by atoms with Gasteiger partial charge in [0.05, 0.1) is 6.20 Å². The van der Waals surface area contributed by atoms with Gasteiger partial charge in [-0.25, -0.2) is 0 Å². The Balaban J connectivity index is 0.00000121. The van der Waals surface area contributed by atoms with Crippen LogP contribution in [0.5, 0.6) is 5.75 Å². The summed E-state index contributed by atoms with van der Waals surface area (Å²) in [5.74, 6) is 2.22. The highest BCUT2D eigenvalue weighted by Crippen LogP contribution is 2.27. The number of nitrogens with zero attached hydrogens (tertiary/aromatic N) is 2. The van der Waals surface area contributed by atoms with Crippen LogP contribution < -0.4 is 10.1 Å². The number of ether oxygens (including phenoxy) is 1. The van der Waals surface area contributed by atoms with Crippen LogP contribution in [0.2, 0.25) is 0 Å². The van der Waals surface area contributed by atoms with Crippen molar-refractivity contribution in [3.8, 4) is 5.75 Å². The third-order valence-corrected chi connectivity index (χ3v) is 4.37. The van der Waals surface area contributed by atoms with Crippen LogP contribution in [0.25, 0.3) is 0 Å². The van der Waals surface area contributed by atoms with Gasteiger partial charge in [0.2, 0.25) is 0 Å². The summed E-state index contributed by atoms with van der Waals surface area (Å²) in [6.07, 6.45) is 5.54. The molecule has 0 aliphatic carbocycles. The fourth-order valence-corrected chi connectivity index (χ4v) is 3.14. The van der Waals surface area contributed by atoms with Crippen molar-refractivity contribution >= 4 is 30.7 Å². The van der Waals surface area contributed by atoms with Gasteiger partial charge in [0.25, 0.3) is 5.91 Å². The van der Waals surface area contributed by atoms with Gasteiger partial charge in [-0.3, -0.25) is 9.78 Å². The van der Waals surface area contributed by atoms with Crippen LogP contribution in [0.15, 0.2) is 24.5 Å². The van der Waals surface area contributed by atoms with Crippen molar-refractivity contribution in [2.45, 2.75) is 12.8 Å². The number of amides is 1. The Morgan fingerprint density at radius 1 is 1.27 bits per heavy atom. The van der Waals surface area contributed by atoms with Gasteiger partial charge in [0.1, 0.15) is 5.75 Å². The molecule has 1 N–H and O–H groups in total. The first kappa shape index (κ1) is 19.0. The minimum absolute atomic E-state index is 0. The van der Waals surface area contributed by atoms with Gasteiger partial charge < -0.3 is 15.0 Å². The largest absolute Gasteiger partial charge is 0.482 e. The molecule has 3 heterocycles. The van der Waals surface area contributed by atoms with Gasteiger partial charge in [-0.2, -0.15) is 0 Å². The second kappa shape index (κ2) is 9.18. The van der Waals surface area contributed by atoms with E-state index >= 15 is 0 Å². The molecule has 2 atom stereocenters. The zero-order valence-corrected chi connectivity index (χ0v) is 14.1. The van der Waals surface area contributed by atoms with Crippen molar-refractivity contribution < 1.29 is 9.53 Å². The molecule has 1 aromatic heterocycles. The van der Waals surface area contributed by atoms with E-state index in [0.29, 0.717) is 5.75 Å².